The minimum absolute atomic E-state index is 0.125. The van der Waals surface area contributed by atoms with Crippen LogP contribution in [0.25, 0.3) is 11.3 Å². The van der Waals surface area contributed by atoms with Crippen LogP contribution in [0, 0.1) is 29.6 Å². The van der Waals surface area contributed by atoms with E-state index in [0.29, 0.717) is 42.4 Å². The van der Waals surface area contributed by atoms with Gasteiger partial charge in [-0.25, -0.2) is 19.6 Å². The number of nitrogens with one attached hydrogen (secondary N) is 4. The van der Waals surface area contributed by atoms with Crippen LogP contribution in [0.4, 0.5) is 15.3 Å². The Morgan fingerprint density at radius 2 is 1.39 bits per heavy atom. The number of aromatic nitrogens is 4. The Balaban J connectivity index is 1.08. The van der Waals surface area contributed by atoms with E-state index < -0.39 is 24.3 Å². The SMILES string of the molecule is COC(=O)N[C@H](C(=O)N1CCC[C@H]1c1ncc(-c2ccc(C#CC#Cc3cnc([C@@H]4CCCN4C(=O)[C@H](NC(=O)OC)c4ccccc4)[nH]3)c(N3CCN(C)CC3)c2)[nH]1)C(C)C. The number of benzene rings is 2. The first-order chi connectivity index (χ1) is 30.0. The minimum atomic E-state index is -0.905. The lowest BCUT2D eigenvalue weighted by Crippen LogP contribution is -2.51. The largest absolute Gasteiger partial charge is 0.453 e. The van der Waals surface area contributed by atoms with Crippen molar-refractivity contribution in [3.8, 4) is 34.9 Å². The van der Waals surface area contributed by atoms with E-state index >= 15 is 0 Å². The second kappa shape index (κ2) is 19.7. The molecule has 16 heteroatoms. The number of nitrogens with zero attached hydrogens (tertiary/aromatic N) is 6. The van der Waals surface area contributed by atoms with Gasteiger partial charge in [-0.05, 0) is 74.1 Å². The monoisotopic (exact) mass is 842 g/mol. The van der Waals surface area contributed by atoms with E-state index in [1.165, 1.54) is 14.2 Å². The van der Waals surface area contributed by atoms with Crippen molar-refractivity contribution in [3.05, 3.63) is 89.4 Å². The van der Waals surface area contributed by atoms with Crippen molar-refractivity contribution >= 4 is 29.7 Å². The number of aromatic amines is 2. The van der Waals surface area contributed by atoms with Gasteiger partial charge in [0.25, 0.3) is 5.91 Å². The van der Waals surface area contributed by atoms with Crippen molar-refractivity contribution in [2.45, 2.75) is 63.7 Å². The molecule has 324 valence electrons. The molecule has 7 rings (SSSR count). The summed E-state index contributed by atoms with van der Waals surface area (Å²) in [4.78, 5) is 76.2. The van der Waals surface area contributed by atoms with Crippen molar-refractivity contribution in [1.82, 2.24) is 45.3 Å². The van der Waals surface area contributed by atoms with Crippen LogP contribution >= 0.6 is 0 Å². The van der Waals surface area contributed by atoms with Crippen molar-refractivity contribution in [2.24, 2.45) is 5.92 Å². The summed E-state index contributed by atoms with van der Waals surface area (Å²) in [6, 6.07) is 13.1. The lowest BCUT2D eigenvalue weighted by atomic mass is 10.0. The topological polar surface area (TPSA) is 181 Å². The predicted molar refractivity (Wildman–Crippen MR) is 232 cm³/mol. The zero-order chi connectivity index (χ0) is 43.8. The van der Waals surface area contributed by atoms with Gasteiger partial charge in [-0.2, -0.15) is 0 Å². The number of imidazole rings is 2. The molecule has 3 saturated heterocycles. The van der Waals surface area contributed by atoms with Crippen molar-refractivity contribution in [1.29, 1.82) is 0 Å². The number of carbonyl (C=O) groups excluding carboxylic acids is 4. The molecule has 0 unspecified atom stereocenters. The summed E-state index contributed by atoms with van der Waals surface area (Å²) >= 11 is 0. The lowest BCUT2D eigenvalue weighted by molar-refractivity contribution is -0.135. The Bertz CT molecular complexity index is 2360. The van der Waals surface area contributed by atoms with Crippen LogP contribution < -0.4 is 15.5 Å². The van der Waals surface area contributed by atoms with E-state index in [1.807, 2.05) is 55.3 Å². The van der Waals surface area contributed by atoms with E-state index in [4.69, 9.17) is 14.5 Å². The summed E-state index contributed by atoms with van der Waals surface area (Å²) in [6.45, 7) is 8.41. The number of ether oxygens (including phenoxy) is 2. The average molecular weight is 843 g/mol. The first-order valence-corrected chi connectivity index (χ1v) is 21.1. The van der Waals surface area contributed by atoms with Crippen molar-refractivity contribution in [3.63, 3.8) is 0 Å². The molecule has 0 bridgehead atoms. The zero-order valence-electron chi connectivity index (χ0n) is 35.9. The van der Waals surface area contributed by atoms with Gasteiger partial charge in [0.1, 0.15) is 29.4 Å². The Labute approximate surface area is 362 Å². The van der Waals surface area contributed by atoms with Crippen LogP contribution in [0.15, 0.2) is 60.9 Å². The highest BCUT2D eigenvalue weighted by molar-refractivity contribution is 5.88. The summed E-state index contributed by atoms with van der Waals surface area (Å²) in [6.07, 6.45) is 5.22. The Morgan fingerprint density at radius 1 is 0.758 bits per heavy atom. The Hall–Kier alpha value is -6.78. The number of hydrogen-bond acceptors (Lipinski definition) is 10. The molecule has 3 aliphatic rings. The Kier molecular flexibility index (Phi) is 13.8. The second-order valence-electron chi connectivity index (χ2n) is 16.1. The third kappa shape index (κ3) is 9.88. The summed E-state index contributed by atoms with van der Waals surface area (Å²) < 4.78 is 9.61. The van der Waals surface area contributed by atoms with Gasteiger partial charge < -0.3 is 49.7 Å². The fraction of sp³-hybridized carbons (Fsp3) is 0.435. The van der Waals surface area contributed by atoms with Crippen LogP contribution in [0.5, 0.6) is 0 Å². The van der Waals surface area contributed by atoms with Crippen LogP contribution in [-0.4, -0.2) is 125 Å². The van der Waals surface area contributed by atoms with Gasteiger partial charge in [0, 0.05) is 50.4 Å². The normalized spacial score (nSPS) is 18.6. The van der Waals surface area contributed by atoms with Gasteiger partial charge in [-0.1, -0.05) is 56.2 Å². The van der Waals surface area contributed by atoms with Crippen molar-refractivity contribution < 1.29 is 28.7 Å². The molecule has 16 nitrogen and oxygen atoms in total. The molecule has 0 spiro atoms. The molecule has 0 radical (unpaired) electrons. The molecule has 4 aromatic rings. The standard InChI is InChI=1S/C46H54N10O6/c1-30(2)39(51-45(59)61-4)43(57)55-21-12-18-37(55)42-48-29-35(50-42)33-20-19-31(38(27-33)54-25-23-53(3)24-26-54)13-9-10-16-34-28-47-41(49-34)36-17-11-22-56(36)44(58)40(52-46(60)62-5)32-14-7-6-8-15-32/h6-8,14-15,19-20,27-30,36-37,39-40H,11-12,17-18,21-26H2,1-5H3,(H,47,49)(H,48,50)(H,51,59)(H,52,60)/t36-,37-,39-,40+/m0/s1. The van der Waals surface area contributed by atoms with Gasteiger partial charge in [0.05, 0.1) is 50.1 Å². The van der Waals surface area contributed by atoms with Gasteiger partial charge in [0.2, 0.25) is 5.91 Å². The predicted octanol–water partition coefficient (Wildman–Crippen LogP) is 4.76. The molecule has 4 amide bonds. The van der Waals surface area contributed by atoms with Crippen LogP contribution in [-0.2, 0) is 19.1 Å². The molecule has 62 heavy (non-hydrogen) atoms. The van der Waals surface area contributed by atoms with Crippen LogP contribution in [0.2, 0.25) is 0 Å². The van der Waals surface area contributed by atoms with E-state index in [2.05, 4.69) is 72.2 Å². The maximum atomic E-state index is 13.9. The number of rotatable bonds is 10. The average Bonchev–Trinajstić information content (AvgIpc) is 4.14. The van der Waals surface area contributed by atoms with E-state index in [1.54, 1.807) is 23.2 Å². The quantitative estimate of drug-likeness (QED) is 0.163. The number of H-pyrrole nitrogens is 2. The maximum Gasteiger partial charge on any atom is 0.407 e. The first kappa shape index (κ1) is 43.3. The molecular weight excluding hydrogens is 789 g/mol. The minimum Gasteiger partial charge on any atom is -0.453 e. The van der Waals surface area contributed by atoms with Gasteiger partial charge in [0.15, 0.2) is 0 Å². The number of amides is 4. The van der Waals surface area contributed by atoms with Gasteiger partial charge in [-0.15, -0.1) is 0 Å². The van der Waals surface area contributed by atoms with Crippen LogP contribution in [0.1, 0.15) is 86.1 Å². The first-order valence-electron chi connectivity index (χ1n) is 21.1. The zero-order valence-corrected chi connectivity index (χ0v) is 35.9. The number of carbonyl (C=O) groups is 4. The number of alkyl carbamates (subject to hydrolysis) is 2. The number of likely N-dealkylation sites (N-methyl/N-ethyl adjacent to an activating group) is 1. The molecule has 3 fully saturated rings. The highest BCUT2D eigenvalue weighted by Gasteiger charge is 2.39. The summed E-state index contributed by atoms with van der Waals surface area (Å²) in [5.74, 6) is 13.2. The summed E-state index contributed by atoms with van der Waals surface area (Å²) in [5, 5.41) is 5.40. The van der Waals surface area contributed by atoms with Crippen molar-refractivity contribution in [2.75, 3.05) is 65.4 Å². The number of likely N-dealkylation sites (tertiary alicyclic amines) is 2. The van der Waals surface area contributed by atoms with E-state index in [-0.39, 0.29) is 29.8 Å². The number of hydrogen-bond donors (Lipinski definition) is 4. The van der Waals surface area contributed by atoms with E-state index in [0.717, 1.165) is 67.9 Å². The van der Waals surface area contributed by atoms with Crippen LogP contribution in [0.3, 0.4) is 0 Å². The Morgan fingerprint density at radius 3 is 2.06 bits per heavy atom. The third-order valence-electron chi connectivity index (χ3n) is 11.7. The maximum absolute atomic E-state index is 13.9. The molecule has 2 aromatic heterocycles. The molecule has 5 heterocycles. The molecular formula is C46H54N10O6. The number of anilines is 1. The van der Waals surface area contributed by atoms with E-state index in [9.17, 15) is 19.2 Å². The summed E-state index contributed by atoms with van der Waals surface area (Å²) in [7, 11) is 4.68. The molecule has 4 N–H and O–H groups in total. The molecule has 0 aliphatic carbocycles. The summed E-state index contributed by atoms with van der Waals surface area (Å²) in [5.41, 5.74) is 4.85. The smallest absolute Gasteiger partial charge is 0.407 e. The molecule has 0 saturated carbocycles. The highest BCUT2D eigenvalue weighted by atomic mass is 16.5. The second-order valence-corrected chi connectivity index (χ2v) is 16.1. The highest BCUT2D eigenvalue weighted by Crippen LogP contribution is 2.35. The molecule has 3 aliphatic heterocycles. The van der Waals surface area contributed by atoms with Gasteiger partial charge in [-0.3, -0.25) is 9.59 Å². The number of piperazine rings is 1. The third-order valence-corrected chi connectivity index (χ3v) is 11.7. The molecule has 4 atom stereocenters. The lowest BCUT2D eigenvalue weighted by Gasteiger charge is -2.34. The fourth-order valence-corrected chi connectivity index (χ4v) is 8.32. The van der Waals surface area contributed by atoms with Gasteiger partial charge >= 0.3 is 12.2 Å². The fourth-order valence-electron chi connectivity index (χ4n) is 8.32. The molecule has 2 aromatic carbocycles. The number of methoxy groups -OCH3 is 2.